The molecule has 0 amide bonds. The Bertz CT molecular complexity index is 672. The molecule has 1 saturated heterocycles. The van der Waals surface area contributed by atoms with Crippen LogP contribution in [0.1, 0.15) is 19.3 Å². The van der Waals surface area contributed by atoms with Gasteiger partial charge in [0.15, 0.2) is 19.7 Å². The van der Waals surface area contributed by atoms with E-state index in [1.165, 1.54) is 24.3 Å². The molecule has 0 radical (unpaired) electrons. The van der Waals surface area contributed by atoms with Crippen LogP contribution in [0.5, 0.6) is 0 Å². The molecule has 1 aromatic carbocycles. The van der Waals surface area contributed by atoms with Gasteiger partial charge in [-0.25, -0.2) is 16.8 Å². The first-order chi connectivity index (χ1) is 9.79. The summed E-state index contributed by atoms with van der Waals surface area (Å²) in [5, 5.41) is 3.26. The summed E-state index contributed by atoms with van der Waals surface area (Å²) in [4.78, 5) is 0.337. The highest BCUT2D eigenvalue weighted by molar-refractivity contribution is 7.91. The minimum atomic E-state index is -3.34. The van der Waals surface area contributed by atoms with Crippen LogP contribution in [0.15, 0.2) is 34.1 Å². The first-order valence-electron chi connectivity index (χ1n) is 7.03. The van der Waals surface area contributed by atoms with Crippen LogP contribution in [0.25, 0.3) is 0 Å². The fraction of sp³-hybridized carbons (Fsp3) is 0.571. The molecule has 0 aliphatic carbocycles. The molecule has 118 valence electrons. The van der Waals surface area contributed by atoms with Crippen LogP contribution in [0.2, 0.25) is 0 Å². The van der Waals surface area contributed by atoms with Crippen LogP contribution >= 0.6 is 0 Å². The molecule has 0 aromatic heterocycles. The van der Waals surface area contributed by atoms with Crippen molar-refractivity contribution in [1.29, 1.82) is 0 Å². The largest absolute Gasteiger partial charge is 0.317 e. The topological polar surface area (TPSA) is 80.3 Å². The lowest BCUT2D eigenvalue weighted by atomic mass is 9.96. The van der Waals surface area contributed by atoms with Crippen LogP contribution in [-0.2, 0) is 19.7 Å². The predicted octanol–water partition coefficient (Wildman–Crippen LogP) is 1.25. The average Bonchev–Trinajstić information content (AvgIpc) is 2.46. The van der Waals surface area contributed by atoms with Crippen LogP contribution in [0.3, 0.4) is 0 Å². The maximum Gasteiger partial charge on any atom is 0.178 e. The third kappa shape index (κ3) is 4.52. The second-order valence-electron chi connectivity index (χ2n) is 5.54. The Morgan fingerprint density at radius 1 is 1.00 bits per heavy atom. The van der Waals surface area contributed by atoms with Gasteiger partial charge in [0.1, 0.15) is 0 Å². The van der Waals surface area contributed by atoms with Crippen LogP contribution in [0, 0.1) is 5.92 Å². The fourth-order valence-corrected chi connectivity index (χ4v) is 4.56. The lowest BCUT2D eigenvalue weighted by Gasteiger charge is -2.22. The van der Waals surface area contributed by atoms with E-state index in [9.17, 15) is 16.8 Å². The van der Waals surface area contributed by atoms with Crippen LogP contribution in [-0.4, -0.2) is 41.9 Å². The van der Waals surface area contributed by atoms with E-state index >= 15 is 0 Å². The number of hydrogen-bond donors (Lipinski definition) is 1. The standard InChI is InChI=1S/C14H21NO4S2/c1-20(16,17)13-2-4-14(5-3-13)21(18,19)11-8-12-6-9-15-10-7-12/h2-5,12,15H,6-11H2,1H3. The predicted molar refractivity (Wildman–Crippen MR) is 81.8 cm³/mol. The maximum atomic E-state index is 12.3. The Labute approximate surface area is 126 Å². The van der Waals surface area contributed by atoms with Gasteiger partial charge in [0, 0.05) is 6.26 Å². The highest BCUT2D eigenvalue weighted by Crippen LogP contribution is 2.21. The van der Waals surface area contributed by atoms with Crippen LogP contribution < -0.4 is 5.32 Å². The van der Waals surface area contributed by atoms with Gasteiger partial charge in [-0.15, -0.1) is 0 Å². The van der Waals surface area contributed by atoms with Crippen molar-refractivity contribution in [3.05, 3.63) is 24.3 Å². The molecule has 7 heteroatoms. The Morgan fingerprint density at radius 3 is 2.05 bits per heavy atom. The van der Waals surface area contributed by atoms with Gasteiger partial charge in [-0.05, 0) is 62.5 Å². The molecule has 1 aromatic rings. The summed E-state index contributed by atoms with van der Waals surface area (Å²) in [6, 6.07) is 5.47. The summed E-state index contributed by atoms with van der Waals surface area (Å²) in [7, 11) is -6.63. The number of sulfone groups is 2. The molecule has 5 nitrogen and oxygen atoms in total. The summed E-state index contributed by atoms with van der Waals surface area (Å²) >= 11 is 0. The Hall–Kier alpha value is -0.920. The third-order valence-corrected chi connectivity index (χ3v) is 6.76. The van der Waals surface area contributed by atoms with Crippen molar-refractivity contribution < 1.29 is 16.8 Å². The SMILES string of the molecule is CS(=O)(=O)c1ccc(S(=O)(=O)CCC2CCNCC2)cc1. The highest BCUT2D eigenvalue weighted by Gasteiger charge is 2.20. The molecule has 0 saturated carbocycles. The Kier molecular flexibility index (Phi) is 5.06. The molecular formula is C14H21NO4S2. The van der Waals surface area contributed by atoms with Gasteiger partial charge in [-0.2, -0.15) is 0 Å². The van der Waals surface area contributed by atoms with E-state index < -0.39 is 19.7 Å². The van der Waals surface area contributed by atoms with E-state index in [1.54, 1.807) is 0 Å². The summed E-state index contributed by atoms with van der Waals surface area (Å²) in [5.74, 6) is 0.576. The second-order valence-corrected chi connectivity index (χ2v) is 9.67. The third-order valence-electron chi connectivity index (χ3n) is 3.86. The van der Waals surface area contributed by atoms with E-state index in [0.29, 0.717) is 12.3 Å². The van der Waals surface area contributed by atoms with Crippen molar-refractivity contribution in [3.8, 4) is 0 Å². The van der Waals surface area contributed by atoms with Crippen molar-refractivity contribution in [2.24, 2.45) is 5.92 Å². The molecule has 1 N–H and O–H groups in total. The zero-order chi connectivity index (χ0) is 15.5. The van der Waals surface area contributed by atoms with Crippen molar-refractivity contribution >= 4 is 19.7 Å². The maximum absolute atomic E-state index is 12.3. The first kappa shape index (κ1) is 16.5. The molecule has 0 unspecified atom stereocenters. The van der Waals surface area contributed by atoms with Gasteiger partial charge >= 0.3 is 0 Å². The molecule has 0 bridgehead atoms. The number of hydrogen-bond acceptors (Lipinski definition) is 5. The van der Waals surface area contributed by atoms with E-state index in [4.69, 9.17) is 0 Å². The lowest BCUT2D eigenvalue weighted by molar-refractivity contribution is 0.365. The number of nitrogens with one attached hydrogen (secondary N) is 1. The summed E-state index contributed by atoms with van der Waals surface area (Å²) in [5.41, 5.74) is 0. The quantitative estimate of drug-likeness (QED) is 0.878. The summed E-state index contributed by atoms with van der Waals surface area (Å²) < 4.78 is 47.3. The number of rotatable bonds is 5. The number of piperidine rings is 1. The Morgan fingerprint density at radius 2 is 1.52 bits per heavy atom. The molecule has 21 heavy (non-hydrogen) atoms. The highest BCUT2D eigenvalue weighted by atomic mass is 32.2. The molecule has 1 aliphatic rings. The van der Waals surface area contributed by atoms with E-state index in [0.717, 1.165) is 32.2 Å². The fourth-order valence-electron chi connectivity index (χ4n) is 2.50. The minimum absolute atomic E-state index is 0.121. The average molecular weight is 331 g/mol. The van der Waals surface area contributed by atoms with Gasteiger partial charge in [0.2, 0.25) is 0 Å². The van der Waals surface area contributed by atoms with Gasteiger partial charge in [-0.3, -0.25) is 0 Å². The zero-order valence-electron chi connectivity index (χ0n) is 12.1. The molecular weight excluding hydrogens is 310 g/mol. The molecule has 1 heterocycles. The van der Waals surface area contributed by atoms with Crippen LogP contribution in [0.4, 0.5) is 0 Å². The summed E-state index contributed by atoms with van der Waals surface area (Å²) in [6.45, 7) is 1.90. The first-order valence-corrected chi connectivity index (χ1v) is 10.6. The van der Waals surface area contributed by atoms with E-state index in [2.05, 4.69) is 5.32 Å². The molecule has 0 atom stereocenters. The van der Waals surface area contributed by atoms with Crippen molar-refractivity contribution in [1.82, 2.24) is 5.32 Å². The van der Waals surface area contributed by atoms with Crippen molar-refractivity contribution in [3.63, 3.8) is 0 Å². The van der Waals surface area contributed by atoms with Gasteiger partial charge in [0.05, 0.1) is 15.5 Å². The monoisotopic (exact) mass is 331 g/mol. The van der Waals surface area contributed by atoms with Crippen molar-refractivity contribution in [2.45, 2.75) is 29.1 Å². The lowest BCUT2D eigenvalue weighted by Crippen LogP contribution is -2.28. The molecule has 1 aliphatic heterocycles. The Balaban J connectivity index is 2.05. The number of benzene rings is 1. The summed E-state index contributed by atoms with van der Waals surface area (Å²) in [6.07, 6.45) is 3.80. The smallest absolute Gasteiger partial charge is 0.178 e. The molecule has 0 spiro atoms. The van der Waals surface area contributed by atoms with E-state index in [-0.39, 0.29) is 15.5 Å². The van der Waals surface area contributed by atoms with Gasteiger partial charge in [-0.1, -0.05) is 0 Å². The van der Waals surface area contributed by atoms with Gasteiger partial charge < -0.3 is 5.32 Å². The normalized spacial score (nSPS) is 17.8. The minimum Gasteiger partial charge on any atom is -0.317 e. The van der Waals surface area contributed by atoms with Gasteiger partial charge in [0.25, 0.3) is 0 Å². The zero-order valence-corrected chi connectivity index (χ0v) is 13.7. The second kappa shape index (κ2) is 6.46. The van der Waals surface area contributed by atoms with Crippen molar-refractivity contribution in [2.75, 3.05) is 25.1 Å². The molecule has 2 rings (SSSR count). The molecule has 1 fully saturated rings. The van der Waals surface area contributed by atoms with E-state index in [1.807, 2.05) is 0 Å².